The largest absolute Gasteiger partial charge is 0.250 e. The second-order valence-electron chi connectivity index (χ2n) is 4.89. The number of rotatable bonds is 3. The van der Waals surface area contributed by atoms with E-state index in [2.05, 4.69) is 31.2 Å². The number of halogens is 2. The van der Waals surface area contributed by atoms with Crippen molar-refractivity contribution in [1.82, 2.24) is 14.9 Å². The summed E-state index contributed by atoms with van der Waals surface area (Å²) in [6, 6.07) is 12.4. The Morgan fingerprint density at radius 1 is 1.30 bits per heavy atom. The normalized spacial score (nSPS) is 11.3. The first-order valence-corrected chi connectivity index (χ1v) is 7.99. The molecule has 0 aliphatic heterocycles. The predicted molar refractivity (Wildman–Crippen MR) is 94.7 cm³/mol. The van der Waals surface area contributed by atoms with Gasteiger partial charge in [0, 0.05) is 15.6 Å². The average Bonchev–Trinajstić information content (AvgIpc) is 2.89. The number of aromatic amines is 1. The maximum Gasteiger partial charge on any atom is 0.216 e. The van der Waals surface area contributed by atoms with E-state index < -0.39 is 0 Å². The van der Waals surface area contributed by atoms with Crippen LogP contribution in [-0.4, -0.2) is 21.1 Å². The Balaban J connectivity index is 2.06. The molecule has 0 saturated carbocycles. The van der Waals surface area contributed by atoms with Crippen LogP contribution in [0.5, 0.6) is 0 Å². The Bertz CT molecular complexity index is 945. The molecule has 0 saturated heterocycles. The minimum absolute atomic E-state index is 0.343. The predicted octanol–water partition coefficient (Wildman–Crippen LogP) is 4.70. The van der Waals surface area contributed by atoms with E-state index in [4.69, 9.17) is 12.2 Å². The number of aryl methyl sites for hydroxylation is 1. The lowest BCUT2D eigenvalue weighted by Crippen LogP contribution is -1.97. The van der Waals surface area contributed by atoms with Crippen molar-refractivity contribution >= 4 is 34.4 Å². The van der Waals surface area contributed by atoms with Gasteiger partial charge in [-0.1, -0.05) is 40.2 Å². The summed E-state index contributed by atoms with van der Waals surface area (Å²) in [5.41, 5.74) is 2.32. The molecule has 0 fully saturated rings. The summed E-state index contributed by atoms with van der Waals surface area (Å²) in [6.45, 7) is 1.98. The van der Waals surface area contributed by atoms with E-state index in [1.807, 2.05) is 31.2 Å². The zero-order chi connectivity index (χ0) is 16.4. The number of H-pyrrole nitrogens is 1. The van der Waals surface area contributed by atoms with Gasteiger partial charge in [0.2, 0.25) is 4.77 Å². The number of benzene rings is 2. The molecule has 1 heterocycles. The molecule has 116 valence electrons. The van der Waals surface area contributed by atoms with Crippen molar-refractivity contribution < 1.29 is 4.39 Å². The summed E-state index contributed by atoms with van der Waals surface area (Å²) < 4.78 is 16.4. The molecule has 2 aromatic carbocycles. The molecule has 0 amide bonds. The van der Waals surface area contributed by atoms with Gasteiger partial charge in [0.25, 0.3) is 0 Å². The molecule has 0 aliphatic carbocycles. The van der Waals surface area contributed by atoms with Crippen molar-refractivity contribution in [3.05, 3.63) is 68.7 Å². The smallest absolute Gasteiger partial charge is 0.216 e. The molecular formula is C16H12BrFN4S. The average molecular weight is 391 g/mol. The third-order valence-corrected chi connectivity index (χ3v) is 4.06. The van der Waals surface area contributed by atoms with Crippen LogP contribution in [0.4, 0.5) is 4.39 Å². The molecule has 1 N–H and O–H groups in total. The van der Waals surface area contributed by atoms with E-state index >= 15 is 0 Å². The third kappa shape index (κ3) is 3.30. The molecular weight excluding hydrogens is 379 g/mol. The molecule has 7 heteroatoms. The molecule has 0 spiro atoms. The highest BCUT2D eigenvalue weighted by atomic mass is 79.9. The van der Waals surface area contributed by atoms with Crippen molar-refractivity contribution in [3.8, 4) is 11.4 Å². The van der Waals surface area contributed by atoms with Gasteiger partial charge in [-0.2, -0.15) is 14.9 Å². The monoisotopic (exact) mass is 390 g/mol. The van der Waals surface area contributed by atoms with Crippen LogP contribution in [0.25, 0.3) is 11.4 Å². The van der Waals surface area contributed by atoms with Crippen LogP contribution < -0.4 is 0 Å². The van der Waals surface area contributed by atoms with Gasteiger partial charge >= 0.3 is 0 Å². The SMILES string of the molecule is Cc1ccccc1-c1n[nH]c(=S)n1N=Cc1cc(Br)ccc1F. The third-order valence-electron chi connectivity index (χ3n) is 3.31. The van der Waals surface area contributed by atoms with Crippen LogP contribution >= 0.6 is 28.1 Å². The van der Waals surface area contributed by atoms with Gasteiger partial charge in [0.05, 0.1) is 6.21 Å². The lowest BCUT2D eigenvalue weighted by atomic mass is 10.1. The number of hydrogen-bond acceptors (Lipinski definition) is 3. The van der Waals surface area contributed by atoms with Crippen molar-refractivity contribution in [2.45, 2.75) is 6.92 Å². The van der Waals surface area contributed by atoms with Crippen LogP contribution in [0.15, 0.2) is 52.0 Å². The number of aromatic nitrogens is 3. The zero-order valence-electron chi connectivity index (χ0n) is 12.1. The lowest BCUT2D eigenvalue weighted by Gasteiger charge is -2.04. The molecule has 3 rings (SSSR count). The Kier molecular flexibility index (Phi) is 4.49. The van der Waals surface area contributed by atoms with Crippen molar-refractivity contribution in [2.75, 3.05) is 0 Å². The van der Waals surface area contributed by atoms with Crippen LogP contribution in [0, 0.1) is 17.5 Å². The summed E-state index contributed by atoms with van der Waals surface area (Å²) in [5, 5.41) is 11.2. The van der Waals surface area contributed by atoms with Crippen molar-refractivity contribution in [2.24, 2.45) is 5.10 Å². The molecule has 0 atom stereocenters. The summed E-state index contributed by atoms with van der Waals surface area (Å²) in [4.78, 5) is 0. The fourth-order valence-electron chi connectivity index (χ4n) is 2.13. The minimum atomic E-state index is -0.357. The summed E-state index contributed by atoms with van der Waals surface area (Å²) in [7, 11) is 0. The van der Waals surface area contributed by atoms with E-state index in [0.717, 1.165) is 15.6 Å². The van der Waals surface area contributed by atoms with E-state index in [9.17, 15) is 4.39 Å². The van der Waals surface area contributed by atoms with Crippen molar-refractivity contribution in [1.29, 1.82) is 0 Å². The van der Waals surface area contributed by atoms with E-state index in [-0.39, 0.29) is 5.82 Å². The molecule has 4 nitrogen and oxygen atoms in total. The second kappa shape index (κ2) is 6.55. The van der Waals surface area contributed by atoms with Gasteiger partial charge in [-0.3, -0.25) is 0 Å². The topological polar surface area (TPSA) is 46.0 Å². The molecule has 0 aliphatic rings. The van der Waals surface area contributed by atoms with Gasteiger partial charge in [-0.25, -0.2) is 9.49 Å². The Morgan fingerprint density at radius 2 is 2.09 bits per heavy atom. The highest BCUT2D eigenvalue weighted by Gasteiger charge is 2.10. The quantitative estimate of drug-likeness (QED) is 0.520. The van der Waals surface area contributed by atoms with Crippen LogP contribution in [0.3, 0.4) is 0 Å². The first kappa shape index (κ1) is 15.8. The first-order chi connectivity index (χ1) is 11.1. The molecule has 0 unspecified atom stereocenters. The first-order valence-electron chi connectivity index (χ1n) is 6.79. The van der Waals surface area contributed by atoms with E-state index in [0.29, 0.717) is 16.2 Å². The number of hydrogen-bond donors (Lipinski definition) is 1. The maximum absolute atomic E-state index is 13.8. The van der Waals surface area contributed by atoms with Crippen LogP contribution in [0.1, 0.15) is 11.1 Å². The van der Waals surface area contributed by atoms with Crippen LogP contribution in [0.2, 0.25) is 0 Å². The Morgan fingerprint density at radius 3 is 2.87 bits per heavy atom. The summed E-state index contributed by atoms with van der Waals surface area (Å²) in [5.74, 6) is 0.226. The van der Waals surface area contributed by atoms with Gasteiger partial charge in [-0.15, -0.1) is 0 Å². The zero-order valence-corrected chi connectivity index (χ0v) is 14.5. The van der Waals surface area contributed by atoms with Gasteiger partial charge in [0.1, 0.15) is 5.82 Å². The molecule has 0 bridgehead atoms. The standard InChI is InChI=1S/C16H12BrFN4S/c1-10-4-2-3-5-13(10)15-20-21-16(23)22(15)19-9-11-8-12(17)6-7-14(11)18/h2-9H,1H3,(H,21,23). The Hall–Kier alpha value is -2.12. The highest BCUT2D eigenvalue weighted by molar-refractivity contribution is 9.10. The van der Waals surface area contributed by atoms with E-state index in [1.165, 1.54) is 17.0 Å². The number of nitrogens with one attached hydrogen (secondary N) is 1. The summed E-state index contributed by atoms with van der Waals surface area (Å²) >= 11 is 8.53. The van der Waals surface area contributed by atoms with Gasteiger partial charge in [0.15, 0.2) is 5.82 Å². The molecule has 3 aromatic rings. The number of nitrogens with zero attached hydrogens (tertiary/aromatic N) is 3. The Labute approximate surface area is 145 Å². The fraction of sp³-hybridized carbons (Fsp3) is 0.0625. The molecule has 0 radical (unpaired) electrons. The fourth-order valence-corrected chi connectivity index (χ4v) is 2.69. The molecule has 1 aromatic heterocycles. The van der Waals surface area contributed by atoms with Crippen LogP contribution in [-0.2, 0) is 0 Å². The summed E-state index contributed by atoms with van der Waals surface area (Å²) in [6.07, 6.45) is 1.42. The van der Waals surface area contributed by atoms with Gasteiger partial charge < -0.3 is 0 Å². The maximum atomic E-state index is 13.8. The molecule has 23 heavy (non-hydrogen) atoms. The van der Waals surface area contributed by atoms with E-state index in [1.54, 1.807) is 12.1 Å². The highest BCUT2D eigenvalue weighted by Crippen LogP contribution is 2.21. The second-order valence-corrected chi connectivity index (χ2v) is 6.19. The van der Waals surface area contributed by atoms with Crippen molar-refractivity contribution in [3.63, 3.8) is 0 Å². The minimum Gasteiger partial charge on any atom is -0.250 e. The lowest BCUT2D eigenvalue weighted by molar-refractivity contribution is 0.625. The van der Waals surface area contributed by atoms with Gasteiger partial charge in [-0.05, 0) is 42.9 Å².